The van der Waals surface area contributed by atoms with Crippen LogP contribution in [-0.2, 0) is 30.7 Å². The van der Waals surface area contributed by atoms with E-state index in [1.165, 1.54) is 37.2 Å². The number of rotatable bonds is 5. The molecule has 26 heavy (non-hydrogen) atoms. The molecule has 3 amide bonds. The number of benzene rings is 1. The molecule has 0 bridgehead atoms. The van der Waals surface area contributed by atoms with E-state index in [4.69, 9.17) is 9.84 Å². The normalized spacial score (nSPS) is 16.3. The number of likely N-dealkylation sites (tertiary alicyclic amines) is 1. The fourth-order valence-electron chi connectivity index (χ4n) is 2.64. The molecule has 1 heterocycles. The second-order valence-corrected chi connectivity index (χ2v) is 5.37. The van der Waals surface area contributed by atoms with E-state index < -0.39 is 24.6 Å². The molecule has 1 aliphatic rings. The summed E-state index contributed by atoms with van der Waals surface area (Å²) in [5, 5.41) is 8.95. The Morgan fingerprint density at radius 2 is 2.08 bits per heavy atom. The average Bonchev–Trinajstić information content (AvgIpc) is 2.58. The van der Waals surface area contributed by atoms with Gasteiger partial charge in [0.2, 0.25) is 5.91 Å². The molecule has 0 spiro atoms. The molecule has 1 atom stereocenters. The molecule has 9 nitrogen and oxygen atoms in total. The molecule has 1 aliphatic heterocycles. The van der Waals surface area contributed by atoms with E-state index in [-0.39, 0.29) is 62.2 Å². The van der Waals surface area contributed by atoms with Gasteiger partial charge in [-0.3, -0.25) is 24.1 Å². The van der Waals surface area contributed by atoms with E-state index in [1.54, 1.807) is 0 Å². The molecule has 3 N–H and O–H groups in total. The zero-order chi connectivity index (χ0) is 17.9. The van der Waals surface area contributed by atoms with Crippen molar-refractivity contribution in [3.63, 3.8) is 0 Å². The van der Waals surface area contributed by atoms with Crippen molar-refractivity contribution in [2.75, 3.05) is 20.9 Å². The predicted octanol–water partition coefficient (Wildman–Crippen LogP) is -0.780. The fraction of sp³-hybridized carbons (Fsp3) is 0.375. The van der Waals surface area contributed by atoms with Crippen molar-refractivity contribution < 1.29 is 55.6 Å². The number of imide groups is 1. The first-order valence-electron chi connectivity index (χ1n) is 7.31. The number of aliphatic hydroxyl groups is 1. The molecule has 1 aromatic rings. The number of likely N-dealkylation sites (N-methyl/N-ethyl adjacent to an activating group) is 2. The van der Waals surface area contributed by atoms with Crippen LogP contribution in [0.25, 0.3) is 0 Å². The van der Waals surface area contributed by atoms with Gasteiger partial charge in [-0.05, 0) is 12.5 Å². The summed E-state index contributed by atoms with van der Waals surface area (Å²) in [6.45, 7) is -0.661. The van der Waals surface area contributed by atoms with Crippen molar-refractivity contribution in [2.24, 2.45) is 0 Å². The van der Waals surface area contributed by atoms with Gasteiger partial charge in [-0.1, -0.05) is 12.1 Å². The van der Waals surface area contributed by atoms with Crippen molar-refractivity contribution in [1.82, 2.24) is 9.80 Å². The molecule has 2 rings (SSSR count). The predicted molar refractivity (Wildman–Crippen MR) is 86.0 cm³/mol. The van der Waals surface area contributed by atoms with Crippen molar-refractivity contribution >= 4 is 24.0 Å². The fourth-order valence-corrected chi connectivity index (χ4v) is 2.64. The SMILES string of the molecule is CN1C(=O)CCC(N(C)C(=O)c2c(C=O)cccc2OCO)C1=O.O.[W]. The third-order valence-corrected chi connectivity index (χ3v) is 4.03. The number of carbonyl (C=O) groups is 4. The standard InChI is InChI=1S/C16H18N2O6.H2O.W/c1-17(11-6-7-13(21)18(2)15(11)22)16(23)14-10(8-19)4-3-5-12(14)24-9-20;;/h3-5,8,11,20H,6-7,9H2,1-2H3;1H2;. The Hall–Kier alpha value is -2.09. The van der Waals surface area contributed by atoms with Crippen LogP contribution in [0.4, 0.5) is 0 Å². The quantitative estimate of drug-likeness (QED) is 0.298. The van der Waals surface area contributed by atoms with E-state index in [0.717, 1.165) is 4.90 Å². The molecule has 0 radical (unpaired) electrons. The molecular formula is C16H20N2O7W. The molecule has 1 unspecified atom stereocenters. The first kappa shape index (κ1) is 23.9. The first-order chi connectivity index (χ1) is 11.4. The number of aliphatic hydroxyl groups excluding tert-OH is 1. The van der Waals surface area contributed by atoms with Crippen LogP contribution in [0.2, 0.25) is 0 Å². The monoisotopic (exact) mass is 536 g/mol. The number of aldehydes is 1. The Morgan fingerprint density at radius 3 is 2.65 bits per heavy atom. The third kappa shape index (κ3) is 4.54. The van der Waals surface area contributed by atoms with Crippen LogP contribution in [0.1, 0.15) is 33.6 Å². The number of amides is 3. The van der Waals surface area contributed by atoms with Crippen LogP contribution < -0.4 is 4.74 Å². The van der Waals surface area contributed by atoms with Crippen molar-refractivity contribution in [2.45, 2.75) is 18.9 Å². The van der Waals surface area contributed by atoms with Gasteiger partial charge in [-0.2, -0.15) is 0 Å². The number of carbonyl (C=O) groups excluding carboxylic acids is 4. The number of hydrogen-bond acceptors (Lipinski definition) is 6. The molecule has 0 saturated carbocycles. The van der Waals surface area contributed by atoms with Gasteiger partial charge in [-0.25, -0.2) is 0 Å². The average molecular weight is 536 g/mol. The van der Waals surface area contributed by atoms with Gasteiger partial charge < -0.3 is 20.2 Å². The summed E-state index contributed by atoms with van der Waals surface area (Å²) in [5.74, 6) is -1.32. The molecule has 1 aromatic carbocycles. The molecule has 1 fully saturated rings. The molecule has 0 aromatic heterocycles. The molecular weight excluding hydrogens is 516 g/mol. The minimum atomic E-state index is -0.804. The number of nitrogens with zero attached hydrogens (tertiary/aromatic N) is 2. The zero-order valence-electron chi connectivity index (χ0n) is 14.3. The Balaban J connectivity index is 0.00000312. The maximum absolute atomic E-state index is 12.8. The number of piperidine rings is 1. The second-order valence-electron chi connectivity index (χ2n) is 5.37. The molecule has 142 valence electrons. The van der Waals surface area contributed by atoms with Crippen molar-refractivity contribution in [1.29, 1.82) is 0 Å². The molecule has 1 saturated heterocycles. The summed E-state index contributed by atoms with van der Waals surface area (Å²) in [4.78, 5) is 50.0. The number of ether oxygens (including phenoxy) is 1. The maximum Gasteiger partial charge on any atom is 0.258 e. The van der Waals surface area contributed by atoms with Gasteiger partial charge in [0.15, 0.2) is 13.1 Å². The van der Waals surface area contributed by atoms with Crippen LogP contribution in [0.5, 0.6) is 5.75 Å². The van der Waals surface area contributed by atoms with Crippen LogP contribution in [0.15, 0.2) is 18.2 Å². The molecule has 10 heteroatoms. The van der Waals surface area contributed by atoms with Gasteiger partial charge in [-0.15, -0.1) is 0 Å². The van der Waals surface area contributed by atoms with Gasteiger partial charge in [0.1, 0.15) is 11.8 Å². The Bertz CT molecular complexity index is 695. The Morgan fingerprint density at radius 1 is 1.42 bits per heavy atom. The summed E-state index contributed by atoms with van der Waals surface area (Å²) in [6.07, 6.45) is 0.868. The van der Waals surface area contributed by atoms with Gasteiger partial charge >= 0.3 is 0 Å². The summed E-state index contributed by atoms with van der Waals surface area (Å²) in [5.41, 5.74) is 0.0573. The van der Waals surface area contributed by atoms with Crippen LogP contribution in [0, 0.1) is 0 Å². The topological polar surface area (TPSA) is 136 Å². The minimum absolute atomic E-state index is 0. The Kier molecular flexibility index (Phi) is 9.34. The zero-order valence-corrected chi connectivity index (χ0v) is 17.2. The summed E-state index contributed by atoms with van der Waals surface area (Å²) < 4.78 is 5.00. The van der Waals surface area contributed by atoms with Gasteiger partial charge in [0.25, 0.3) is 11.8 Å². The van der Waals surface area contributed by atoms with Gasteiger partial charge in [0.05, 0.1) is 5.56 Å². The van der Waals surface area contributed by atoms with E-state index in [9.17, 15) is 19.2 Å². The van der Waals surface area contributed by atoms with E-state index in [1.807, 2.05) is 0 Å². The minimum Gasteiger partial charge on any atom is -0.467 e. The van der Waals surface area contributed by atoms with Gasteiger partial charge in [0, 0.05) is 47.1 Å². The van der Waals surface area contributed by atoms with E-state index in [0.29, 0.717) is 6.29 Å². The van der Waals surface area contributed by atoms with Crippen LogP contribution in [-0.4, -0.2) is 71.3 Å². The van der Waals surface area contributed by atoms with Crippen LogP contribution in [0.3, 0.4) is 0 Å². The third-order valence-electron chi connectivity index (χ3n) is 4.03. The largest absolute Gasteiger partial charge is 0.467 e. The van der Waals surface area contributed by atoms with Crippen LogP contribution >= 0.6 is 0 Å². The van der Waals surface area contributed by atoms with E-state index >= 15 is 0 Å². The summed E-state index contributed by atoms with van der Waals surface area (Å²) in [7, 11) is 2.80. The van der Waals surface area contributed by atoms with Crippen molar-refractivity contribution in [3.05, 3.63) is 29.3 Å². The maximum atomic E-state index is 12.8. The Labute approximate surface area is 164 Å². The number of hydrogen-bond donors (Lipinski definition) is 1. The first-order valence-corrected chi connectivity index (χ1v) is 7.31. The van der Waals surface area contributed by atoms with Crippen molar-refractivity contribution in [3.8, 4) is 5.75 Å². The van der Waals surface area contributed by atoms with E-state index in [2.05, 4.69) is 0 Å². The molecule has 0 aliphatic carbocycles. The summed E-state index contributed by atoms with van der Waals surface area (Å²) >= 11 is 0. The summed E-state index contributed by atoms with van der Waals surface area (Å²) in [6, 6.07) is 3.60. The smallest absolute Gasteiger partial charge is 0.258 e. The second kappa shape index (κ2) is 10.2.